The number of halogens is 2. The van der Waals surface area contributed by atoms with Crippen molar-refractivity contribution < 1.29 is 18.3 Å². The molecule has 0 spiro atoms. The van der Waals surface area contributed by atoms with E-state index in [1.807, 2.05) is 0 Å². The van der Waals surface area contributed by atoms with Crippen LogP contribution >= 0.6 is 23.2 Å². The molecule has 0 radical (unpaired) electrons. The van der Waals surface area contributed by atoms with Crippen LogP contribution in [0.3, 0.4) is 0 Å². The number of hydrogen-bond donors (Lipinski definition) is 2. The monoisotopic (exact) mass is 337 g/mol. The number of carbonyl (C=O) groups is 1. The van der Waals surface area contributed by atoms with Crippen LogP contribution in [0.5, 0.6) is 0 Å². The van der Waals surface area contributed by atoms with Crippen molar-refractivity contribution in [2.45, 2.75) is 30.2 Å². The van der Waals surface area contributed by atoms with Crippen LogP contribution < -0.4 is 4.72 Å². The summed E-state index contributed by atoms with van der Waals surface area (Å²) in [5.74, 6) is -1.40. The van der Waals surface area contributed by atoms with Gasteiger partial charge in [0.05, 0.1) is 10.9 Å². The minimum atomic E-state index is -3.81. The first kappa shape index (κ1) is 15.6. The van der Waals surface area contributed by atoms with E-state index in [2.05, 4.69) is 4.72 Å². The van der Waals surface area contributed by atoms with E-state index in [4.69, 9.17) is 28.3 Å². The molecule has 0 aromatic heterocycles. The average Bonchev–Trinajstić information content (AvgIpc) is 2.80. The Labute approximate surface area is 126 Å². The first-order valence-electron chi connectivity index (χ1n) is 6.00. The van der Waals surface area contributed by atoms with Crippen molar-refractivity contribution in [2.75, 3.05) is 0 Å². The van der Waals surface area contributed by atoms with Crippen molar-refractivity contribution in [3.8, 4) is 0 Å². The van der Waals surface area contributed by atoms with Gasteiger partial charge in [0.1, 0.15) is 4.90 Å². The van der Waals surface area contributed by atoms with E-state index in [1.54, 1.807) is 0 Å². The maximum atomic E-state index is 12.2. The second kappa shape index (κ2) is 5.89. The molecule has 8 heteroatoms. The summed E-state index contributed by atoms with van der Waals surface area (Å²) in [7, 11) is -3.81. The lowest BCUT2D eigenvalue weighted by Gasteiger charge is -2.14. The van der Waals surface area contributed by atoms with Gasteiger partial charge in [-0.3, -0.25) is 4.79 Å². The molecule has 1 aromatic carbocycles. The maximum absolute atomic E-state index is 12.2. The van der Waals surface area contributed by atoms with E-state index in [0.29, 0.717) is 12.8 Å². The molecule has 1 aromatic rings. The van der Waals surface area contributed by atoms with Crippen LogP contribution in [0.1, 0.15) is 19.3 Å². The molecule has 0 bridgehead atoms. The molecule has 20 heavy (non-hydrogen) atoms. The van der Waals surface area contributed by atoms with Crippen LogP contribution in [0.25, 0.3) is 0 Å². The Morgan fingerprint density at radius 2 is 2.00 bits per heavy atom. The summed E-state index contributed by atoms with van der Waals surface area (Å²) < 4.78 is 27.0. The SMILES string of the molecule is O=C(O)C1CCC(NS(=O)(=O)c2cc(Cl)ccc2Cl)C1. The molecule has 1 aliphatic rings. The fraction of sp³-hybridized carbons (Fsp3) is 0.417. The Morgan fingerprint density at radius 1 is 1.30 bits per heavy atom. The van der Waals surface area contributed by atoms with Crippen LogP contribution in [0, 0.1) is 5.92 Å². The van der Waals surface area contributed by atoms with Gasteiger partial charge >= 0.3 is 5.97 Å². The molecule has 0 aliphatic heterocycles. The highest BCUT2D eigenvalue weighted by Crippen LogP contribution is 2.29. The average molecular weight is 338 g/mol. The third kappa shape index (κ3) is 3.44. The number of nitrogens with one attached hydrogen (secondary N) is 1. The molecule has 1 aliphatic carbocycles. The summed E-state index contributed by atoms with van der Waals surface area (Å²) in [5, 5.41) is 9.26. The zero-order chi connectivity index (χ0) is 14.9. The second-order valence-electron chi connectivity index (χ2n) is 4.74. The van der Waals surface area contributed by atoms with Crippen LogP contribution in [-0.2, 0) is 14.8 Å². The van der Waals surface area contributed by atoms with Crippen molar-refractivity contribution in [1.29, 1.82) is 0 Å². The molecule has 110 valence electrons. The minimum Gasteiger partial charge on any atom is -0.481 e. The Bertz CT molecular complexity index is 632. The standard InChI is InChI=1S/C12H13Cl2NO4S/c13-8-2-4-10(14)11(6-8)20(18,19)15-9-3-1-7(5-9)12(16)17/h2,4,6-7,9,15H,1,3,5H2,(H,16,17). The molecular formula is C12H13Cl2NO4S. The molecule has 2 unspecified atom stereocenters. The highest BCUT2D eigenvalue weighted by molar-refractivity contribution is 7.89. The molecule has 1 saturated carbocycles. The summed E-state index contributed by atoms with van der Waals surface area (Å²) in [6, 6.07) is 3.79. The van der Waals surface area contributed by atoms with Gasteiger partial charge in [-0.15, -0.1) is 0 Å². The summed E-state index contributed by atoms with van der Waals surface area (Å²) in [4.78, 5) is 10.8. The van der Waals surface area contributed by atoms with E-state index in [1.165, 1.54) is 18.2 Å². The molecule has 0 saturated heterocycles. The van der Waals surface area contributed by atoms with E-state index < -0.39 is 28.0 Å². The fourth-order valence-corrected chi connectivity index (χ4v) is 4.32. The number of sulfonamides is 1. The maximum Gasteiger partial charge on any atom is 0.306 e. The minimum absolute atomic E-state index is 0.0784. The van der Waals surface area contributed by atoms with Gasteiger partial charge in [0.25, 0.3) is 0 Å². The Kier molecular flexibility index (Phi) is 4.59. The van der Waals surface area contributed by atoms with Crippen LogP contribution in [0.2, 0.25) is 10.0 Å². The lowest BCUT2D eigenvalue weighted by atomic mass is 10.1. The van der Waals surface area contributed by atoms with Gasteiger partial charge in [-0.05, 0) is 37.5 Å². The molecular weight excluding hydrogens is 325 g/mol. The lowest BCUT2D eigenvalue weighted by molar-refractivity contribution is -0.141. The second-order valence-corrected chi connectivity index (χ2v) is 7.27. The summed E-state index contributed by atoms with van der Waals surface area (Å²) in [5.41, 5.74) is 0. The quantitative estimate of drug-likeness (QED) is 0.884. The van der Waals surface area contributed by atoms with Gasteiger partial charge < -0.3 is 5.11 Å². The number of hydrogen-bond acceptors (Lipinski definition) is 3. The van der Waals surface area contributed by atoms with Gasteiger partial charge in [0.15, 0.2) is 0 Å². The van der Waals surface area contributed by atoms with Crippen molar-refractivity contribution in [3.63, 3.8) is 0 Å². The van der Waals surface area contributed by atoms with Crippen molar-refractivity contribution in [1.82, 2.24) is 4.72 Å². The summed E-state index contributed by atoms with van der Waals surface area (Å²) in [6.07, 6.45) is 1.24. The highest BCUT2D eigenvalue weighted by atomic mass is 35.5. The first-order chi connectivity index (χ1) is 9.29. The number of carboxylic acid groups (broad SMARTS) is 1. The molecule has 1 fully saturated rings. The van der Waals surface area contributed by atoms with Gasteiger partial charge in [-0.25, -0.2) is 13.1 Å². The molecule has 2 rings (SSSR count). The van der Waals surface area contributed by atoms with Crippen molar-refractivity contribution >= 4 is 39.2 Å². The van der Waals surface area contributed by atoms with Gasteiger partial charge in [-0.2, -0.15) is 0 Å². The van der Waals surface area contributed by atoms with Crippen molar-refractivity contribution in [2.24, 2.45) is 5.92 Å². The van der Waals surface area contributed by atoms with E-state index in [-0.39, 0.29) is 21.4 Å². The fourth-order valence-electron chi connectivity index (χ4n) is 2.28. The number of aliphatic carboxylic acids is 1. The third-order valence-electron chi connectivity index (χ3n) is 3.29. The Morgan fingerprint density at radius 3 is 2.60 bits per heavy atom. The molecule has 2 N–H and O–H groups in total. The number of benzene rings is 1. The summed E-state index contributed by atoms with van der Waals surface area (Å²) >= 11 is 11.6. The summed E-state index contributed by atoms with van der Waals surface area (Å²) in [6.45, 7) is 0. The zero-order valence-corrected chi connectivity index (χ0v) is 12.7. The van der Waals surface area contributed by atoms with E-state index in [9.17, 15) is 13.2 Å². The van der Waals surface area contributed by atoms with Gasteiger partial charge in [-0.1, -0.05) is 23.2 Å². The Hall–Kier alpha value is -0.820. The molecule has 0 amide bonds. The van der Waals surface area contributed by atoms with E-state index >= 15 is 0 Å². The third-order valence-corrected chi connectivity index (χ3v) is 5.52. The largest absolute Gasteiger partial charge is 0.481 e. The van der Waals surface area contributed by atoms with Crippen molar-refractivity contribution in [3.05, 3.63) is 28.2 Å². The molecule has 5 nitrogen and oxygen atoms in total. The number of rotatable bonds is 4. The normalized spacial score (nSPS) is 22.9. The smallest absolute Gasteiger partial charge is 0.306 e. The van der Waals surface area contributed by atoms with Gasteiger partial charge in [0.2, 0.25) is 10.0 Å². The van der Waals surface area contributed by atoms with E-state index in [0.717, 1.165) is 0 Å². The molecule has 2 atom stereocenters. The molecule has 0 heterocycles. The lowest BCUT2D eigenvalue weighted by Crippen LogP contribution is -2.33. The first-order valence-corrected chi connectivity index (χ1v) is 8.23. The predicted octanol–water partition coefficient (Wildman–Crippen LogP) is 2.53. The topological polar surface area (TPSA) is 83.5 Å². The van der Waals surface area contributed by atoms with Crippen LogP contribution in [0.15, 0.2) is 23.1 Å². The zero-order valence-electron chi connectivity index (χ0n) is 10.3. The Balaban J connectivity index is 2.16. The highest BCUT2D eigenvalue weighted by Gasteiger charge is 2.33. The van der Waals surface area contributed by atoms with Crippen LogP contribution in [-0.4, -0.2) is 25.5 Å². The van der Waals surface area contributed by atoms with Crippen LogP contribution in [0.4, 0.5) is 0 Å². The number of carboxylic acids is 1. The predicted molar refractivity (Wildman–Crippen MR) is 75.5 cm³/mol. The van der Waals surface area contributed by atoms with Gasteiger partial charge in [0, 0.05) is 11.1 Å².